The standard InChI is InChI=1S/C31H29N5O3/c1-22-12-6-7-15-24(22)30(31(38)32-20-23-13-4-3-5-14-23)36(27-18-10-11-19-28(27)39-2)29(37)21-35-26-17-9-8-16-25(26)33-34-35/h3-19,30H,20-21H2,1-2H3,(H,32,38)/t30-/m1/s1. The molecule has 0 aliphatic rings. The van der Waals surface area contributed by atoms with Gasteiger partial charge in [0.25, 0.3) is 0 Å². The van der Waals surface area contributed by atoms with Crippen molar-refractivity contribution in [2.24, 2.45) is 0 Å². The van der Waals surface area contributed by atoms with E-state index in [4.69, 9.17) is 4.74 Å². The van der Waals surface area contributed by atoms with Crippen molar-refractivity contribution < 1.29 is 14.3 Å². The van der Waals surface area contributed by atoms with Crippen LogP contribution >= 0.6 is 0 Å². The smallest absolute Gasteiger partial charge is 0.249 e. The Balaban J connectivity index is 1.59. The van der Waals surface area contributed by atoms with Crippen molar-refractivity contribution in [3.63, 3.8) is 0 Å². The molecule has 5 rings (SSSR count). The molecule has 1 N–H and O–H groups in total. The fraction of sp³-hybridized carbons (Fsp3) is 0.161. The molecule has 0 aliphatic heterocycles. The summed E-state index contributed by atoms with van der Waals surface area (Å²) in [4.78, 5) is 29.8. The van der Waals surface area contributed by atoms with E-state index in [-0.39, 0.29) is 18.4 Å². The van der Waals surface area contributed by atoms with Crippen molar-refractivity contribution in [1.29, 1.82) is 0 Å². The van der Waals surface area contributed by atoms with Crippen molar-refractivity contribution >= 4 is 28.5 Å². The van der Waals surface area contributed by atoms with Crippen LogP contribution in [0.4, 0.5) is 5.69 Å². The number of nitrogens with one attached hydrogen (secondary N) is 1. The first-order valence-electron chi connectivity index (χ1n) is 12.7. The van der Waals surface area contributed by atoms with Gasteiger partial charge in [0.15, 0.2) is 0 Å². The summed E-state index contributed by atoms with van der Waals surface area (Å²) in [5, 5.41) is 11.5. The molecule has 0 fully saturated rings. The van der Waals surface area contributed by atoms with Gasteiger partial charge in [0.1, 0.15) is 23.9 Å². The van der Waals surface area contributed by atoms with Gasteiger partial charge in [0.05, 0.1) is 18.3 Å². The number of nitrogens with zero attached hydrogens (tertiary/aromatic N) is 4. The van der Waals surface area contributed by atoms with Gasteiger partial charge in [-0.2, -0.15) is 0 Å². The molecular weight excluding hydrogens is 490 g/mol. The Hall–Kier alpha value is -4.98. The first kappa shape index (κ1) is 25.7. The zero-order valence-corrected chi connectivity index (χ0v) is 21.8. The Bertz CT molecular complexity index is 1600. The van der Waals surface area contributed by atoms with Gasteiger partial charge in [0, 0.05) is 6.54 Å². The van der Waals surface area contributed by atoms with Crippen molar-refractivity contribution in [3.05, 3.63) is 120 Å². The van der Waals surface area contributed by atoms with Gasteiger partial charge in [-0.15, -0.1) is 5.10 Å². The normalized spacial score (nSPS) is 11.6. The van der Waals surface area contributed by atoms with Gasteiger partial charge in [-0.3, -0.25) is 14.5 Å². The van der Waals surface area contributed by atoms with Crippen LogP contribution in [0, 0.1) is 6.92 Å². The molecule has 39 heavy (non-hydrogen) atoms. The molecule has 0 aliphatic carbocycles. The Morgan fingerprint density at radius 1 is 0.897 bits per heavy atom. The number of fused-ring (bicyclic) bond motifs is 1. The second-order valence-electron chi connectivity index (χ2n) is 9.13. The molecule has 0 saturated heterocycles. The van der Waals surface area contributed by atoms with Crippen molar-refractivity contribution in [2.45, 2.75) is 26.1 Å². The monoisotopic (exact) mass is 519 g/mol. The molecule has 5 aromatic rings. The quantitative estimate of drug-likeness (QED) is 0.301. The number of benzene rings is 4. The maximum Gasteiger partial charge on any atom is 0.249 e. The second kappa shape index (κ2) is 11.6. The number of carbonyl (C=O) groups is 2. The molecule has 0 radical (unpaired) electrons. The van der Waals surface area contributed by atoms with Crippen LogP contribution < -0.4 is 15.0 Å². The number of carbonyl (C=O) groups excluding carboxylic acids is 2. The highest BCUT2D eigenvalue weighted by Gasteiger charge is 2.35. The third-order valence-electron chi connectivity index (χ3n) is 6.62. The number of anilines is 1. The van der Waals surface area contributed by atoms with E-state index in [2.05, 4.69) is 15.6 Å². The Kier molecular flexibility index (Phi) is 7.63. The molecule has 8 nitrogen and oxygen atoms in total. The number of hydrogen-bond donors (Lipinski definition) is 1. The van der Waals surface area contributed by atoms with E-state index >= 15 is 0 Å². The number of aromatic nitrogens is 3. The predicted octanol–water partition coefficient (Wildman–Crippen LogP) is 4.84. The lowest BCUT2D eigenvalue weighted by Crippen LogP contribution is -2.45. The second-order valence-corrected chi connectivity index (χ2v) is 9.13. The minimum atomic E-state index is -0.964. The van der Waals surface area contributed by atoms with Crippen molar-refractivity contribution in [2.75, 3.05) is 12.0 Å². The summed E-state index contributed by atoms with van der Waals surface area (Å²) in [5.74, 6) is -0.169. The van der Waals surface area contributed by atoms with Crippen LogP contribution in [0.2, 0.25) is 0 Å². The van der Waals surface area contributed by atoms with Crippen LogP contribution in [-0.2, 0) is 22.7 Å². The van der Waals surface area contributed by atoms with Crippen LogP contribution in [0.1, 0.15) is 22.7 Å². The summed E-state index contributed by atoms with van der Waals surface area (Å²) >= 11 is 0. The van der Waals surface area contributed by atoms with Crippen molar-refractivity contribution in [3.8, 4) is 5.75 Å². The first-order chi connectivity index (χ1) is 19.1. The highest BCUT2D eigenvalue weighted by molar-refractivity contribution is 6.02. The summed E-state index contributed by atoms with van der Waals surface area (Å²) in [7, 11) is 1.55. The number of rotatable bonds is 9. The minimum Gasteiger partial charge on any atom is -0.495 e. The summed E-state index contributed by atoms with van der Waals surface area (Å²) in [6, 6.07) is 31.0. The molecule has 0 spiro atoms. The van der Waals surface area contributed by atoms with Gasteiger partial charge in [-0.1, -0.05) is 84.1 Å². The van der Waals surface area contributed by atoms with E-state index in [1.165, 1.54) is 4.90 Å². The summed E-state index contributed by atoms with van der Waals surface area (Å²) in [5.41, 5.74) is 4.45. The maximum absolute atomic E-state index is 14.2. The predicted molar refractivity (Wildman–Crippen MR) is 150 cm³/mol. The van der Waals surface area contributed by atoms with E-state index in [9.17, 15) is 9.59 Å². The molecule has 196 valence electrons. The molecule has 1 aromatic heterocycles. The molecule has 1 atom stereocenters. The molecule has 8 heteroatoms. The molecule has 0 unspecified atom stereocenters. The topological polar surface area (TPSA) is 89.3 Å². The number of ether oxygens (including phenoxy) is 1. The Morgan fingerprint density at radius 2 is 1.59 bits per heavy atom. The molecule has 0 bridgehead atoms. The Morgan fingerprint density at radius 3 is 2.38 bits per heavy atom. The lowest BCUT2D eigenvalue weighted by atomic mass is 9.98. The zero-order chi connectivity index (χ0) is 27.2. The third kappa shape index (κ3) is 5.50. The molecule has 0 saturated carbocycles. The summed E-state index contributed by atoms with van der Waals surface area (Å²) < 4.78 is 7.20. The van der Waals surface area contributed by atoms with E-state index in [1.807, 2.05) is 97.9 Å². The number of para-hydroxylation sites is 3. The van der Waals surface area contributed by atoms with Gasteiger partial charge < -0.3 is 10.1 Å². The first-order valence-corrected chi connectivity index (χ1v) is 12.7. The molecule has 2 amide bonds. The average molecular weight is 520 g/mol. The highest BCUT2D eigenvalue weighted by atomic mass is 16.5. The van der Waals surface area contributed by atoms with Gasteiger partial charge >= 0.3 is 0 Å². The van der Waals surface area contributed by atoms with Crippen LogP contribution in [0.3, 0.4) is 0 Å². The zero-order valence-electron chi connectivity index (χ0n) is 21.8. The van der Waals surface area contributed by atoms with Gasteiger partial charge in [-0.25, -0.2) is 4.68 Å². The molecular formula is C31H29N5O3. The number of hydrogen-bond acceptors (Lipinski definition) is 5. The Labute approximate surface area is 226 Å². The molecule has 1 heterocycles. The number of aryl methyl sites for hydroxylation is 1. The third-order valence-corrected chi connectivity index (χ3v) is 6.62. The number of amides is 2. The van der Waals surface area contributed by atoms with Crippen LogP contribution in [0.15, 0.2) is 103 Å². The van der Waals surface area contributed by atoms with Crippen LogP contribution in [0.25, 0.3) is 11.0 Å². The SMILES string of the molecule is COc1ccccc1N(C(=O)Cn1nnc2ccccc21)[C@@H](C(=O)NCc1ccccc1)c1ccccc1C. The number of methoxy groups -OCH3 is 1. The maximum atomic E-state index is 14.2. The average Bonchev–Trinajstić information content (AvgIpc) is 3.38. The van der Waals surface area contributed by atoms with Gasteiger partial charge in [-0.05, 0) is 47.9 Å². The van der Waals surface area contributed by atoms with E-state index < -0.39 is 6.04 Å². The van der Waals surface area contributed by atoms with Gasteiger partial charge in [0.2, 0.25) is 11.8 Å². The largest absolute Gasteiger partial charge is 0.495 e. The minimum absolute atomic E-state index is 0.118. The van der Waals surface area contributed by atoms with Crippen LogP contribution in [0.5, 0.6) is 5.75 Å². The lowest BCUT2D eigenvalue weighted by Gasteiger charge is -2.33. The lowest BCUT2D eigenvalue weighted by molar-refractivity contribution is -0.127. The summed E-state index contributed by atoms with van der Waals surface area (Å²) in [6.07, 6.45) is 0. The highest BCUT2D eigenvalue weighted by Crippen LogP contribution is 2.36. The van der Waals surface area contributed by atoms with E-state index in [1.54, 1.807) is 23.9 Å². The van der Waals surface area contributed by atoms with E-state index in [0.717, 1.165) is 16.6 Å². The van der Waals surface area contributed by atoms with Crippen LogP contribution in [-0.4, -0.2) is 33.9 Å². The molecule has 4 aromatic carbocycles. The van der Waals surface area contributed by atoms with E-state index in [0.29, 0.717) is 29.1 Å². The summed E-state index contributed by atoms with van der Waals surface area (Å²) in [6.45, 7) is 2.14. The fourth-order valence-electron chi connectivity index (χ4n) is 4.66. The van der Waals surface area contributed by atoms with Crippen molar-refractivity contribution in [1.82, 2.24) is 20.3 Å². The fourth-order valence-corrected chi connectivity index (χ4v) is 4.66.